The van der Waals surface area contributed by atoms with Crippen molar-refractivity contribution >= 4 is 16.9 Å². The lowest BCUT2D eigenvalue weighted by Crippen LogP contribution is -1.98. The molecule has 5 aromatic rings. The predicted octanol–water partition coefficient (Wildman–Crippen LogP) is 4.46. The Morgan fingerprint density at radius 3 is 2.53 bits per heavy atom. The fourth-order valence-electron chi connectivity index (χ4n) is 4.02. The molecule has 2 N–H and O–H groups in total. The van der Waals surface area contributed by atoms with Crippen LogP contribution < -0.4 is 10.5 Å². The highest BCUT2D eigenvalue weighted by atomic mass is 16.5. The molecule has 0 saturated heterocycles. The van der Waals surface area contributed by atoms with E-state index in [4.69, 9.17) is 16.9 Å². The molecular formula is C26H21N7O. The second-order valence-corrected chi connectivity index (χ2v) is 7.88. The number of pyridine rings is 1. The number of terminal acetylenes is 1. The number of aryl methyl sites for hydroxylation is 3. The highest BCUT2D eigenvalue weighted by molar-refractivity contribution is 6.08. The van der Waals surface area contributed by atoms with Crippen LogP contribution in [0.3, 0.4) is 0 Å². The maximum absolute atomic E-state index is 6.34. The topological polar surface area (TPSA) is 105 Å². The summed E-state index contributed by atoms with van der Waals surface area (Å²) in [5.41, 5.74) is 13.2. The molecule has 0 unspecified atom stereocenters. The van der Waals surface area contributed by atoms with Crippen LogP contribution in [-0.4, -0.2) is 29.5 Å². The zero-order valence-corrected chi connectivity index (χ0v) is 18.9. The highest BCUT2D eigenvalue weighted by Gasteiger charge is 2.23. The molecule has 34 heavy (non-hydrogen) atoms. The van der Waals surface area contributed by atoms with Crippen LogP contribution in [0.5, 0.6) is 11.8 Å². The van der Waals surface area contributed by atoms with E-state index in [0.29, 0.717) is 23.3 Å². The summed E-state index contributed by atoms with van der Waals surface area (Å²) in [5, 5.41) is 0.774. The monoisotopic (exact) mass is 447 g/mol. The van der Waals surface area contributed by atoms with E-state index in [1.54, 1.807) is 12.4 Å². The third-order valence-electron chi connectivity index (χ3n) is 5.64. The van der Waals surface area contributed by atoms with Crippen LogP contribution in [0.25, 0.3) is 33.4 Å². The lowest BCUT2D eigenvalue weighted by Gasteiger charge is -2.12. The molecular weight excluding hydrogens is 426 g/mol. The van der Waals surface area contributed by atoms with E-state index in [1.807, 2.05) is 61.9 Å². The number of hydrogen-bond acceptors (Lipinski definition) is 7. The van der Waals surface area contributed by atoms with Crippen molar-refractivity contribution < 1.29 is 4.74 Å². The van der Waals surface area contributed by atoms with Crippen LogP contribution in [0, 0.1) is 26.2 Å². The molecule has 166 valence electrons. The number of rotatable bonds is 4. The Balaban J connectivity index is 1.67. The fourth-order valence-corrected chi connectivity index (χ4v) is 4.02. The number of fused-ring (bicyclic) bond motifs is 1. The SMILES string of the molecule is C#Cc1cc(C)c(-c2c(-c3ccc(Oc4nccc(C)n4)cc3)c3c(N)ncnc3n2C)cn1. The standard InChI is InChI=1S/C26H21N7O/c1-5-18-12-15(2)20(13-29-18)23-21(22-24(27)30-14-31-25(22)33(23)4)17-6-8-19(9-7-17)34-26-28-11-10-16(3)32-26/h1,6-14H,2-4H3,(H2,27,30,31). The Morgan fingerprint density at radius 1 is 1.03 bits per heavy atom. The van der Waals surface area contributed by atoms with E-state index in [9.17, 15) is 0 Å². The number of aromatic nitrogens is 6. The number of ether oxygens (including phenoxy) is 1. The third-order valence-corrected chi connectivity index (χ3v) is 5.64. The van der Waals surface area contributed by atoms with Gasteiger partial charge in [-0.1, -0.05) is 18.1 Å². The van der Waals surface area contributed by atoms with Crippen LogP contribution in [-0.2, 0) is 7.05 Å². The minimum atomic E-state index is 0.298. The lowest BCUT2D eigenvalue weighted by molar-refractivity contribution is 0.440. The summed E-state index contributed by atoms with van der Waals surface area (Å²) in [4.78, 5) is 21.6. The van der Waals surface area contributed by atoms with Gasteiger partial charge in [-0.2, -0.15) is 0 Å². The summed E-state index contributed by atoms with van der Waals surface area (Å²) in [6, 6.07) is 11.7. The summed E-state index contributed by atoms with van der Waals surface area (Å²) >= 11 is 0. The zero-order valence-electron chi connectivity index (χ0n) is 18.9. The average molecular weight is 448 g/mol. The van der Waals surface area contributed by atoms with Gasteiger partial charge >= 0.3 is 6.01 Å². The first kappa shape index (κ1) is 21.1. The normalized spacial score (nSPS) is 10.9. The number of nitrogens with zero attached hydrogens (tertiary/aromatic N) is 6. The van der Waals surface area contributed by atoms with Crippen molar-refractivity contribution in [3.8, 4) is 46.5 Å². The van der Waals surface area contributed by atoms with E-state index in [-0.39, 0.29) is 0 Å². The van der Waals surface area contributed by atoms with Gasteiger partial charge in [0.05, 0.1) is 11.1 Å². The van der Waals surface area contributed by atoms with Gasteiger partial charge in [0.2, 0.25) is 0 Å². The first-order valence-electron chi connectivity index (χ1n) is 10.6. The molecule has 0 radical (unpaired) electrons. The molecule has 1 aromatic carbocycles. The fraction of sp³-hybridized carbons (Fsp3) is 0.115. The van der Waals surface area contributed by atoms with Crippen LogP contribution in [0.15, 0.2) is 55.1 Å². The Kier molecular flexibility index (Phi) is 5.15. The van der Waals surface area contributed by atoms with Gasteiger partial charge in [-0.05, 0) is 49.2 Å². The van der Waals surface area contributed by atoms with Gasteiger partial charge < -0.3 is 15.0 Å². The van der Waals surface area contributed by atoms with Gasteiger partial charge in [-0.25, -0.2) is 24.9 Å². The van der Waals surface area contributed by atoms with Crippen molar-refractivity contribution in [3.05, 3.63) is 72.1 Å². The molecule has 0 aliphatic rings. The van der Waals surface area contributed by atoms with Crippen molar-refractivity contribution in [3.63, 3.8) is 0 Å². The quantitative estimate of drug-likeness (QED) is 0.406. The van der Waals surface area contributed by atoms with Crippen LogP contribution in [0.1, 0.15) is 17.0 Å². The van der Waals surface area contributed by atoms with E-state index in [0.717, 1.165) is 44.7 Å². The predicted molar refractivity (Wildman–Crippen MR) is 131 cm³/mol. The minimum absolute atomic E-state index is 0.298. The molecule has 0 atom stereocenters. The van der Waals surface area contributed by atoms with Gasteiger partial charge in [0.15, 0.2) is 0 Å². The second-order valence-electron chi connectivity index (χ2n) is 7.88. The molecule has 0 aliphatic carbocycles. The summed E-state index contributed by atoms with van der Waals surface area (Å²) in [6.07, 6.45) is 10.5. The van der Waals surface area contributed by atoms with Crippen molar-refractivity contribution in [1.29, 1.82) is 0 Å². The van der Waals surface area contributed by atoms with Gasteiger partial charge in [-0.15, -0.1) is 6.42 Å². The molecule has 0 saturated carbocycles. The first-order valence-corrected chi connectivity index (χ1v) is 10.6. The van der Waals surface area contributed by atoms with Crippen molar-refractivity contribution in [2.45, 2.75) is 13.8 Å². The Hall–Kier alpha value is -4.77. The summed E-state index contributed by atoms with van der Waals surface area (Å²) in [7, 11) is 1.95. The number of nitrogens with two attached hydrogens (primary N) is 1. The van der Waals surface area contributed by atoms with Crippen LogP contribution >= 0.6 is 0 Å². The van der Waals surface area contributed by atoms with Crippen molar-refractivity contribution in [1.82, 2.24) is 29.5 Å². The van der Waals surface area contributed by atoms with Gasteiger partial charge in [0.1, 0.15) is 29.2 Å². The van der Waals surface area contributed by atoms with Gasteiger partial charge in [0, 0.05) is 36.3 Å². The van der Waals surface area contributed by atoms with E-state index in [1.165, 1.54) is 6.33 Å². The first-order chi connectivity index (χ1) is 16.5. The number of benzene rings is 1. The molecule has 4 aromatic heterocycles. The smallest absolute Gasteiger partial charge is 0.322 e. The number of nitrogen functional groups attached to an aromatic ring is 1. The third kappa shape index (κ3) is 3.59. The summed E-state index contributed by atoms with van der Waals surface area (Å²) in [5.74, 6) is 3.61. The highest BCUT2D eigenvalue weighted by Crippen LogP contribution is 2.42. The zero-order chi connectivity index (χ0) is 23.8. The largest absolute Gasteiger partial charge is 0.424 e. The summed E-state index contributed by atoms with van der Waals surface area (Å²) < 4.78 is 7.83. The van der Waals surface area contributed by atoms with E-state index < -0.39 is 0 Å². The van der Waals surface area contributed by atoms with Crippen LogP contribution in [0.2, 0.25) is 0 Å². The number of anilines is 1. The Morgan fingerprint density at radius 2 is 1.82 bits per heavy atom. The van der Waals surface area contributed by atoms with Crippen molar-refractivity contribution in [2.24, 2.45) is 7.05 Å². The second kappa shape index (κ2) is 8.30. The number of hydrogen-bond donors (Lipinski definition) is 1. The Bertz CT molecular complexity index is 1580. The van der Waals surface area contributed by atoms with Crippen molar-refractivity contribution in [2.75, 3.05) is 5.73 Å². The molecule has 0 fully saturated rings. The molecule has 5 rings (SSSR count). The Labute approximate surface area is 196 Å². The molecule has 0 amide bonds. The van der Waals surface area contributed by atoms with E-state index in [2.05, 4.69) is 30.8 Å². The average Bonchev–Trinajstić information content (AvgIpc) is 3.13. The molecule has 0 spiro atoms. The van der Waals surface area contributed by atoms with Crippen LogP contribution in [0.4, 0.5) is 5.82 Å². The molecule has 0 bridgehead atoms. The lowest BCUT2D eigenvalue weighted by atomic mass is 9.97. The van der Waals surface area contributed by atoms with E-state index >= 15 is 0 Å². The maximum atomic E-state index is 6.34. The molecule has 0 aliphatic heterocycles. The van der Waals surface area contributed by atoms with Gasteiger partial charge in [0.25, 0.3) is 0 Å². The molecule has 8 nitrogen and oxygen atoms in total. The van der Waals surface area contributed by atoms with Gasteiger partial charge in [-0.3, -0.25) is 0 Å². The molecule has 4 heterocycles. The molecule has 8 heteroatoms. The minimum Gasteiger partial charge on any atom is -0.424 e. The maximum Gasteiger partial charge on any atom is 0.322 e. The summed E-state index contributed by atoms with van der Waals surface area (Å²) in [6.45, 7) is 3.90.